The van der Waals surface area contributed by atoms with E-state index in [2.05, 4.69) is 0 Å². The molecule has 1 atom stereocenters. The molecule has 2 aromatic rings. The number of carbonyl (C=O) groups excluding carboxylic acids is 2. The third kappa shape index (κ3) is 5.03. The molecule has 2 aliphatic rings. The Morgan fingerprint density at radius 2 is 1.66 bits per heavy atom. The molecule has 1 N–H and O–H groups in total. The highest BCUT2D eigenvalue weighted by atomic mass is 32.2. The number of benzene rings is 2. The van der Waals surface area contributed by atoms with Crippen molar-refractivity contribution in [2.75, 3.05) is 33.4 Å². The molecule has 0 aliphatic carbocycles. The maximum atomic E-state index is 13.0. The van der Waals surface area contributed by atoms with Gasteiger partial charge in [0.2, 0.25) is 10.0 Å². The molecule has 2 saturated heterocycles. The topological polar surface area (TPSA) is 104 Å². The minimum atomic E-state index is -3.62. The first kappa shape index (κ1) is 25.1. The molecule has 1 unspecified atom stereocenters. The van der Waals surface area contributed by atoms with Crippen LogP contribution < -0.4 is 0 Å². The van der Waals surface area contributed by atoms with Crippen LogP contribution in [-0.2, 0) is 24.3 Å². The second kappa shape index (κ2) is 10.7. The van der Waals surface area contributed by atoms with Gasteiger partial charge in [-0.05, 0) is 49.1 Å². The molecule has 9 heteroatoms. The van der Waals surface area contributed by atoms with Crippen molar-refractivity contribution in [2.24, 2.45) is 0 Å². The highest BCUT2D eigenvalue weighted by Crippen LogP contribution is 2.39. The molecule has 8 nitrogen and oxygen atoms in total. The number of Topliss-reactive ketones (excluding diaryl/α,β-unsaturated/α-hetero) is 1. The van der Waals surface area contributed by atoms with Crippen molar-refractivity contribution in [3.8, 4) is 0 Å². The molecule has 2 heterocycles. The molecule has 2 aromatic carbocycles. The van der Waals surface area contributed by atoms with E-state index in [4.69, 9.17) is 4.74 Å². The zero-order valence-corrected chi connectivity index (χ0v) is 20.5. The Bertz CT molecular complexity index is 1200. The normalized spacial score (nSPS) is 20.9. The third-order valence-corrected chi connectivity index (χ3v) is 8.40. The van der Waals surface area contributed by atoms with E-state index in [1.54, 1.807) is 19.2 Å². The minimum absolute atomic E-state index is 0.00902. The van der Waals surface area contributed by atoms with E-state index in [0.717, 1.165) is 19.3 Å². The maximum absolute atomic E-state index is 13.0. The van der Waals surface area contributed by atoms with E-state index in [1.165, 1.54) is 33.5 Å². The number of aliphatic hydroxyl groups excluding tert-OH is 1. The van der Waals surface area contributed by atoms with Crippen molar-refractivity contribution < 1.29 is 27.9 Å². The molecule has 0 spiro atoms. The molecule has 35 heavy (non-hydrogen) atoms. The number of aliphatic hydroxyl groups is 1. The average molecular weight is 499 g/mol. The zero-order chi connectivity index (χ0) is 25.0. The lowest BCUT2D eigenvalue weighted by Crippen LogP contribution is -2.35. The van der Waals surface area contributed by atoms with Gasteiger partial charge in [0, 0.05) is 38.9 Å². The number of ketones is 1. The number of sulfonamides is 1. The number of likely N-dealkylation sites (tertiary alicyclic amines) is 1. The van der Waals surface area contributed by atoms with E-state index in [0.29, 0.717) is 38.2 Å². The molecule has 0 aromatic heterocycles. The molecule has 0 bridgehead atoms. The van der Waals surface area contributed by atoms with Gasteiger partial charge in [-0.25, -0.2) is 8.42 Å². The monoisotopic (exact) mass is 498 g/mol. The second-order valence-corrected chi connectivity index (χ2v) is 10.7. The van der Waals surface area contributed by atoms with Gasteiger partial charge < -0.3 is 14.7 Å². The predicted molar refractivity (Wildman–Crippen MR) is 131 cm³/mol. The van der Waals surface area contributed by atoms with Gasteiger partial charge in [0.15, 0.2) is 0 Å². The Labute approximate surface area is 205 Å². The average Bonchev–Trinajstić information content (AvgIpc) is 3.14. The van der Waals surface area contributed by atoms with E-state index < -0.39 is 27.8 Å². The van der Waals surface area contributed by atoms with Crippen LogP contribution in [0.1, 0.15) is 42.9 Å². The van der Waals surface area contributed by atoms with E-state index in [-0.39, 0.29) is 21.8 Å². The molecule has 0 saturated carbocycles. The van der Waals surface area contributed by atoms with Crippen LogP contribution in [0.15, 0.2) is 65.1 Å². The Balaban J connectivity index is 1.70. The number of piperidine rings is 1. The summed E-state index contributed by atoms with van der Waals surface area (Å²) in [6.07, 6.45) is 3.23. The lowest BCUT2D eigenvalue weighted by Gasteiger charge is -2.26. The summed E-state index contributed by atoms with van der Waals surface area (Å²) in [5, 5.41) is 11.2. The summed E-state index contributed by atoms with van der Waals surface area (Å²) < 4.78 is 32.5. The van der Waals surface area contributed by atoms with Gasteiger partial charge in [-0.15, -0.1) is 0 Å². The number of ether oxygens (including phenoxy) is 1. The van der Waals surface area contributed by atoms with Gasteiger partial charge in [0.05, 0.1) is 16.5 Å². The summed E-state index contributed by atoms with van der Waals surface area (Å²) in [6.45, 7) is 1.71. The number of methoxy groups -OCH3 is 1. The van der Waals surface area contributed by atoms with Crippen LogP contribution in [0.3, 0.4) is 0 Å². The highest BCUT2D eigenvalue weighted by Gasteiger charge is 2.45. The largest absolute Gasteiger partial charge is 0.507 e. The number of hydrogen-bond donors (Lipinski definition) is 1. The van der Waals surface area contributed by atoms with Gasteiger partial charge >= 0.3 is 0 Å². The van der Waals surface area contributed by atoms with Crippen LogP contribution in [0.5, 0.6) is 0 Å². The molecular formula is C26H30N2O6S. The van der Waals surface area contributed by atoms with Crippen LogP contribution in [-0.4, -0.2) is 67.8 Å². The standard InChI is InChI=1S/C26H30N2O6S/c1-34-18-8-17-28-23(19-9-4-2-5-10-19)22(25(30)26(28)31)24(29)20-11-13-21(14-12-20)35(32,33)27-15-6-3-7-16-27/h2,4-5,9-14,23,29H,3,6-8,15-18H2,1H3. The molecule has 1 amide bonds. The van der Waals surface area contributed by atoms with Gasteiger partial charge in [0.1, 0.15) is 5.76 Å². The first-order valence-corrected chi connectivity index (χ1v) is 13.2. The van der Waals surface area contributed by atoms with Gasteiger partial charge in [0.25, 0.3) is 11.7 Å². The van der Waals surface area contributed by atoms with Crippen LogP contribution >= 0.6 is 0 Å². The Morgan fingerprint density at radius 1 is 1.00 bits per heavy atom. The zero-order valence-electron chi connectivity index (χ0n) is 19.7. The fraction of sp³-hybridized carbons (Fsp3) is 0.385. The molecule has 186 valence electrons. The number of carbonyl (C=O) groups is 2. The number of nitrogens with zero attached hydrogens (tertiary/aromatic N) is 2. The third-order valence-electron chi connectivity index (χ3n) is 6.48. The maximum Gasteiger partial charge on any atom is 0.295 e. The Morgan fingerprint density at radius 3 is 2.29 bits per heavy atom. The fourth-order valence-electron chi connectivity index (χ4n) is 4.67. The summed E-state index contributed by atoms with van der Waals surface area (Å²) in [5.74, 6) is -1.77. The van der Waals surface area contributed by atoms with Gasteiger partial charge in [-0.3, -0.25) is 9.59 Å². The van der Waals surface area contributed by atoms with Gasteiger partial charge in [-0.1, -0.05) is 36.8 Å². The van der Waals surface area contributed by atoms with Gasteiger partial charge in [-0.2, -0.15) is 4.31 Å². The van der Waals surface area contributed by atoms with Crippen molar-refractivity contribution >= 4 is 27.5 Å². The minimum Gasteiger partial charge on any atom is -0.507 e. The molecule has 2 aliphatic heterocycles. The van der Waals surface area contributed by atoms with Crippen molar-refractivity contribution in [3.63, 3.8) is 0 Å². The van der Waals surface area contributed by atoms with Crippen molar-refractivity contribution in [2.45, 2.75) is 36.6 Å². The second-order valence-electron chi connectivity index (χ2n) is 8.74. The molecule has 4 rings (SSSR count). The van der Waals surface area contributed by atoms with Crippen molar-refractivity contribution in [1.82, 2.24) is 9.21 Å². The highest BCUT2D eigenvalue weighted by molar-refractivity contribution is 7.89. The lowest BCUT2D eigenvalue weighted by atomic mass is 9.95. The lowest BCUT2D eigenvalue weighted by molar-refractivity contribution is -0.140. The van der Waals surface area contributed by atoms with E-state index in [9.17, 15) is 23.1 Å². The quantitative estimate of drug-likeness (QED) is 0.259. The Kier molecular flexibility index (Phi) is 7.69. The molecular weight excluding hydrogens is 468 g/mol. The van der Waals surface area contributed by atoms with Crippen molar-refractivity contribution in [3.05, 3.63) is 71.3 Å². The fourth-order valence-corrected chi connectivity index (χ4v) is 6.18. The number of rotatable bonds is 8. The molecule has 0 radical (unpaired) electrons. The summed E-state index contributed by atoms with van der Waals surface area (Å²) in [6, 6.07) is 14.2. The Hall–Kier alpha value is -3.01. The first-order chi connectivity index (χ1) is 16.9. The first-order valence-electron chi connectivity index (χ1n) is 11.8. The predicted octanol–water partition coefficient (Wildman–Crippen LogP) is 3.32. The summed E-state index contributed by atoms with van der Waals surface area (Å²) in [4.78, 5) is 27.5. The smallest absolute Gasteiger partial charge is 0.295 e. The van der Waals surface area contributed by atoms with Crippen LogP contribution in [0.25, 0.3) is 5.76 Å². The summed E-state index contributed by atoms with van der Waals surface area (Å²) in [5.41, 5.74) is 0.971. The number of hydrogen-bond acceptors (Lipinski definition) is 6. The van der Waals surface area contributed by atoms with Crippen molar-refractivity contribution in [1.29, 1.82) is 0 Å². The van der Waals surface area contributed by atoms with Crippen LogP contribution in [0, 0.1) is 0 Å². The molecule has 2 fully saturated rings. The SMILES string of the molecule is COCCCN1C(=O)C(=O)C(=C(O)c2ccc(S(=O)(=O)N3CCCCC3)cc2)C1c1ccccc1. The number of amides is 1. The summed E-state index contributed by atoms with van der Waals surface area (Å²) >= 11 is 0. The van der Waals surface area contributed by atoms with Crippen LogP contribution in [0.2, 0.25) is 0 Å². The van der Waals surface area contributed by atoms with Crippen LogP contribution in [0.4, 0.5) is 0 Å². The summed E-state index contributed by atoms with van der Waals surface area (Å²) in [7, 11) is -2.06. The van der Waals surface area contributed by atoms with E-state index >= 15 is 0 Å². The van der Waals surface area contributed by atoms with E-state index in [1.807, 2.05) is 18.2 Å².